The molecule has 0 aromatic carbocycles. The Kier molecular flexibility index (Phi) is 16.0. The molecule has 0 amide bonds. The minimum Gasteiger partial charge on any atom is -0.481 e. The molecule has 0 bridgehead atoms. The second-order valence-electron chi connectivity index (χ2n) is 5.86. The summed E-state index contributed by atoms with van der Waals surface area (Å²) in [4.78, 5) is 10.3. The first-order chi connectivity index (χ1) is 11.2. The first kappa shape index (κ1) is 21.6. The van der Waals surface area contributed by atoms with Crippen LogP contribution >= 0.6 is 0 Å². The monoisotopic (exact) mass is 324 g/mol. The van der Waals surface area contributed by atoms with Crippen LogP contribution in [0.5, 0.6) is 0 Å². The largest absolute Gasteiger partial charge is 0.481 e. The van der Waals surface area contributed by atoms with Crippen LogP contribution in [-0.2, 0) is 4.79 Å². The zero-order chi connectivity index (χ0) is 17.2. The van der Waals surface area contributed by atoms with E-state index in [2.05, 4.69) is 19.1 Å². The van der Waals surface area contributed by atoms with E-state index in [1.807, 2.05) is 12.2 Å². The van der Waals surface area contributed by atoms with Crippen molar-refractivity contribution in [2.45, 2.75) is 84.0 Å². The van der Waals surface area contributed by atoms with Crippen molar-refractivity contribution in [3.05, 3.63) is 36.2 Å². The molecule has 2 nitrogen and oxygen atoms in total. The van der Waals surface area contributed by atoms with Crippen LogP contribution in [0.4, 0.5) is 4.39 Å². The highest BCUT2D eigenvalue weighted by atomic mass is 19.1. The van der Waals surface area contributed by atoms with Gasteiger partial charge in [0.05, 0.1) is 5.83 Å². The second kappa shape index (κ2) is 17.0. The lowest BCUT2D eigenvalue weighted by atomic mass is 10.1. The topological polar surface area (TPSA) is 37.3 Å². The molecule has 0 rings (SSSR count). The van der Waals surface area contributed by atoms with E-state index in [4.69, 9.17) is 5.11 Å². The SMILES string of the molecule is CCCCC/C=C/CCCC/C=C/C/C(F)=C/CCCC(=O)O. The molecule has 0 aromatic rings. The molecule has 0 aliphatic heterocycles. The van der Waals surface area contributed by atoms with Gasteiger partial charge in [-0.15, -0.1) is 0 Å². The fourth-order valence-corrected chi connectivity index (χ4v) is 2.18. The summed E-state index contributed by atoms with van der Waals surface area (Å²) < 4.78 is 13.4. The Morgan fingerprint density at radius 1 is 0.870 bits per heavy atom. The van der Waals surface area contributed by atoms with E-state index in [0.29, 0.717) is 19.3 Å². The summed E-state index contributed by atoms with van der Waals surface area (Å²) in [6.45, 7) is 2.22. The summed E-state index contributed by atoms with van der Waals surface area (Å²) >= 11 is 0. The molecular weight excluding hydrogens is 291 g/mol. The number of carboxylic acid groups (broad SMARTS) is 1. The summed E-state index contributed by atoms with van der Waals surface area (Å²) in [5, 5.41) is 8.48. The first-order valence-corrected chi connectivity index (χ1v) is 9.03. The van der Waals surface area contributed by atoms with Crippen molar-refractivity contribution in [2.75, 3.05) is 0 Å². The van der Waals surface area contributed by atoms with Crippen LogP contribution in [0.2, 0.25) is 0 Å². The fourth-order valence-electron chi connectivity index (χ4n) is 2.18. The Morgan fingerprint density at radius 2 is 1.43 bits per heavy atom. The van der Waals surface area contributed by atoms with Gasteiger partial charge in [0.25, 0.3) is 0 Å². The Hall–Kier alpha value is -1.38. The number of aliphatic carboxylic acids is 1. The summed E-state index contributed by atoms with van der Waals surface area (Å²) in [5.74, 6) is -0.990. The highest BCUT2D eigenvalue weighted by molar-refractivity contribution is 5.66. The summed E-state index contributed by atoms with van der Waals surface area (Å²) in [7, 11) is 0. The van der Waals surface area contributed by atoms with Gasteiger partial charge < -0.3 is 5.11 Å². The van der Waals surface area contributed by atoms with Gasteiger partial charge in [0.15, 0.2) is 0 Å². The number of carboxylic acids is 1. The van der Waals surface area contributed by atoms with E-state index < -0.39 is 5.97 Å². The third kappa shape index (κ3) is 18.6. The smallest absolute Gasteiger partial charge is 0.303 e. The maximum Gasteiger partial charge on any atom is 0.303 e. The van der Waals surface area contributed by atoms with Crippen molar-refractivity contribution in [3.63, 3.8) is 0 Å². The van der Waals surface area contributed by atoms with E-state index in [0.717, 1.165) is 19.3 Å². The van der Waals surface area contributed by atoms with Crippen LogP contribution in [0.15, 0.2) is 36.2 Å². The molecule has 0 atom stereocenters. The van der Waals surface area contributed by atoms with Crippen molar-refractivity contribution in [1.29, 1.82) is 0 Å². The molecule has 0 saturated carbocycles. The second-order valence-corrected chi connectivity index (χ2v) is 5.86. The molecule has 0 heterocycles. The van der Waals surface area contributed by atoms with Crippen molar-refractivity contribution in [1.82, 2.24) is 0 Å². The maximum absolute atomic E-state index is 13.4. The van der Waals surface area contributed by atoms with E-state index in [1.165, 1.54) is 38.2 Å². The minimum atomic E-state index is -0.825. The van der Waals surface area contributed by atoms with Crippen molar-refractivity contribution >= 4 is 5.97 Å². The van der Waals surface area contributed by atoms with Crippen molar-refractivity contribution in [2.24, 2.45) is 0 Å². The fraction of sp³-hybridized carbons (Fsp3) is 0.650. The van der Waals surface area contributed by atoms with E-state index in [9.17, 15) is 9.18 Å². The molecule has 0 saturated heterocycles. The van der Waals surface area contributed by atoms with E-state index >= 15 is 0 Å². The molecule has 0 radical (unpaired) electrons. The van der Waals surface area contributed by atoms with Gasteiger partial charge in [-0.25, -0.2) is 4.39 Å². The Balaban J connectivity index is 3.45. The zero-order valence-corrected chi connectivity index (χ0v) is 14.6. The minimum absolute atomic E-state index is 0.104. The van der Waals surface area contributed by atoms with Crippen LogP contribution in [0.3, 0.4) is 0 Å². The van der Waals surface area contributed by atoms with Gasteiger partial charge in [-0.05, 0) is 51.4 Å². The molecule has 0 spiro atoms. The lowest BCUT2D eigenvalue weighted by molar-refractivity contribution is -0.137. The van der Waals surface area contributed by atoms with Crippen molar-refractivity contribution in [3.8, 4) is 0 Å². The molecule has 23 heavy (non-hydrogen) atoms. The standard InChI is InChI=1S/C20H33FO2/c1-2-3-4-5-6-7-8-9-10-11-12-13-16-19(21)17-14-15-18-20(22)23/h6-7,12-13,17H,2-5,8-11,14-16,18H2,1H3,(H,22,23)/b7-6+,13-12+,19-17-. The average Bonchev–Trinajstić information content (AvgIpc) is 2.52. The molecule has 1 N–H and O–H groups in total. The van der Waals surface area contributed by atoms with Gasteiger partial charge in [-0.2, -0.15) is 0 Å². The molecule has 132 valence electrons. The predicted octanol–water partition coefficient (Wildman–Crippen LogP) is 6.74. The predicted molar refractivity (Wildman–Crippen MR) is 96.2 cm³/mol. The quantitative estimate of drug-likeness (QED) is 0.267. The Labute approximate surface area is 141 Å². The number of hydrogen-bond acceptors (Lipinski definition) is 1. The highest BCUT2D eigenvalue weighted by Crippen LogP contribution is 2.09. The molecular formula is C20H33FO2. The van der Waals surface area contributed by atoms with Crippen LogP contribution in [0, 0.1) is 0 Å². The van der Waals surface area contributed by atoms with E-state index in [1.54, 1.807) is 0 Å². The normalized spacial score (nSPS) is 12.5. The molecule has 0 aromatic heterocycles. The summed E-state index contributed by atoms with van der Waals surface area (Å²) in [5.41, 5.74) is 0. The van der Waals surface area contributed by atoms with Gasteiger partial charge in [-0.1, -0.05) is 50.1 Å². The lowest BCUT2D eigenvalue weighted by Crippen LogP contribution is -1.92. The zero-order valence-electron chi connectivity index (χ0n) is 14.6. The number of halogens is 1. The summed E-state index contributed by atoms with van der Waals surface area (Å²) in [6, 6.07) is 0. The van der Waals surface area contributed by atoms with Gasteiger partial charge in [0.1, 0.15) is 0 Å². The molecule has 3 heteroatoms. The van der Waals surface area contributed by atoms with Gasteiger partial charge in [-0.3, -0.25) is 4.79 Å². The Bertz CT molecular complexity index is 370. The maximum atomic E-state index is 13.4. The van der Waals surface area contributed by atoms with Gasteiger partial charge >= 0.3 is 5.97 Å². The molecule has 0 unspecified atom stereocenters. The van der Waals surface area contributed by atoms with E-state index in [-0.39, 0.29) is 12.2 Å². The van der Waals surface area contributed by atoms with Crippen LogP contribution in [0.1, 0.15) is 84.0 Å². The van der Waals surface area contributed by atoms with Crippen molar-refractivity contribution < 1.29 is 14.3 Å². The van der Waals surface area contributed by atoms with Gasteiger partial charge in [0.2, 0.25) is 0 Å². The third-order valence-corrected chi connectivity index (χ3v) is 3.57. The number of carbonyl (C=O) groups is 1. The molecule has 0 fully saturated rings. The van der Waals surface area contributed by atoms with Gasteiger partial charge in [0, 0.05) is 12.8 Å². The Morgan fingerprint density at radius 3 is 2.00 bits per heavy atom. The lowest BCUT2D eigenvalue weighted by Gasteiger charge is -1.95. The molecule has 0 aliphatic carbocycles. The number of allylic oxidation sites excluding steroid dienone is 6. The first-order valence-electron chi connectivity index (χ1n) is 9.03. The highest BCUT2D eigenvalue weighted by Gasteiger charge is 1.96. The molecule has 0 aliphatic rings. The van der Waals surface area contributed by atoms with Crippen LogP contribution in [-0.4, -0.2) is 11.1 Å². The van der Waals surface area contributed by atoms with Crippen LogP contribution < -0.4 is 0 Å². The number of hydrogen-bond donors (Lipinski definition) is 1. The summed E-state index contributed by atoms with van der Waals surface area (Å²) in [6.07, 6.45) is 20.9. The van der Waals surface area contributed by atoms with Crippen LogP contribution in [0.25, 0.3) is 0 Å². The number of rotatable bonds is 15. The third-order valence-electron chi connectivity index (χ3n) is 3.57. The average molecular weight is 324 g/mol. The number of unbranched alkanes of at least 4 members (excludes halogenated alkanes) is 7.